The fourth-order valence-electron chi connectivity index (χ4n) is 0.552. The van der Waals surface area contributed by atoms with Gasteiger partial charge in [0, 0.05) is 13.1 Å². The van der Waals surface area contributed by atoms with Crippen molar-refractivity contribution in [1.29, 1.82) is 0 Å². The summed E-state index contributed by atoms with van der Waals surface area (Å²) in [7, 11) is 0. The highest BCUT2D eigenvalue weighted by atomic mass is 16.3. The summed E-state index contributed by atoms with van der Waals surface area (Å²) in [6.07, 6.45) is -2.14. The molecule has 0 saturated carbocycles. The number of rotatable bonds is 6. The summed E-state index contributed by atoms with van der Waals surface area (Å²) in [6, 6.07) is 0. The van der Waals surface area contributed by atoms with E-state index in [0.29, 0.717) is 0 Å². The summed E-state index contributed by atoms with van der Waals surface area (Å²) >= 11 is 0. The van der Waals surface area contributed by atoms with Crippen LogP contribution < -0.4 is 11.1 Å². The van der Waals surface area contributed by atoms with Gasteiger partial charge in [-0.1, -0.05) is 0 Å². The molecule has 6 heteroatoms. The van der Waals surface area contributed by atoms with E-state index in [1.165, 1.54) is 0 Å². The maximum Gasteiger partial charge on any atom is 0.247 e. The molecule has 0 aliphatic rings. The minimum absolute atomic E-state index is 0.0214. The Morgan fingerprint density at radius 1 is 1.42 bits per heavy atom. The molecule has 0 fully saturated rings. The molecule has 0 aromatic rings. The van der Waals surface area contributed by atoms with E-state index in [-0.39, 0.29) is 19.7 Å². The number of amides is 1. The molecule has 0 rings (SSSR count). The van der Waals surface area contributed by atoms with Crippen LogP contribution in [0.2, 0.25) is 0 Å². The molecule has 0 spiro atoms. The number of primary amides is 1. The molecule has 0 aromatic carbocycles. The van der Waals surface area contributed by atoms with Crippen molar-refractivity contribution in [3.63, 3.8) is 0 Å². The van der Waals surface area contributed by atoms with Crippen LogP contribution in [0.5, 0.6) is 0 Å². The van der Waals surface area contributed by atoms with E-state index in [0.717, 1.165) is 0 Å². The lowest BCUT2D eigenvalue weighted by atomic mass is 10.3. The second-order valence-electron chi connectivity index (χ2n) is 2.41. The van der Waals surface area contributed by atoms with Gasteiger partial charge in [0.05, 0.1) is 12.7 Å². The summed E-state index contributed by atoms with van der Waals surface area (Å²) in [5.74, 6) is -0.819. The highest BCUT2D eigenvalue weighted by Gasteiger charge is 2.10. The molecular formula is C6H14N2O4. The smallest absolute Gasteiger partial charge is 0.247 e. The molecule has 0 aliphatic heterocycles. The van der Waals surface area contributed by atoms with Gasteiger partial charge in [0.25, 0.3) is 0 Å². The Bertz CT molecular complexity index is 142. The average Bonchev–Trinajstić information content (AvgIpc) is 2.03. The third-order valence-corrected chi connectivity index (χ3v) is 1.26. The lowest BCUT2D eigenvalue weighted by molar-refractivity contribution is -0.125. The van der Waals surface area contributed by atoms with Crippen LogP contribution in [0.4, 0.5) is 0 Å². The van der Waals surface area contributed by atoms with Crippen LogP contribution in [0.3, 0.4) is 0 Å². The standard InChI is InChI=1S/C6H14N2O4/c7-6(12)5(11)2-8-1-4(10)3-9/h4-5,8-11H,1-3H2,(H2,7,12). The van der Waals surface area contributed by atoms with Crippen LogP contribution in [0.25, 0.3) is 0 Å². The molecule has 2 unspecified atom stereocenters. The molecule has 0 bridgehead atoms. The largest absolute Gasteiger partial charge is 0.394 e. The first-order chi connectivity index (χ1) is 5.57. The summed E-state index contributed by atoms with van der Waals surface area (Å²) in [5.41, 5.74) is 4.74. The molecule has 12 heavy (non-hydrogen) atoms. The van der Waals surface area contributed by atoms with E-state index in [4.69, 9.17) is 21.1 Å². The predicted molar refractivity (Wildman–Crippen MR) is 41.2 cm³/mol. The normalized spacial score (nSPS) is 15.6. The molecule has 0 saturated heterocycles. The van der Waals surface area contributed by atoms with Crippen molar-refractivity contribution in [3.05, 3.63) is 0 Å². The van der Waals surface area contributed by atoms with Gasteiger partial charge in [0.2, 0.25) is 5.91 Å². The van der Waals surface area contributed by atoms with E-state index < -0.39 is 18.1 Å². The molecule has 6 nitrogen and oxygen atoms in total. The van der Waals surface area contributed by atoms with Gasteiger partial charge in [0.1, 0.15) is 6.10 Å². The summed E-state index contributed by atoms with van der Waals surface area (Å²) in [6.45, 7) is -0.271. The minimum Gasteiger partial charge on any atom is -0.394 e. The Hall–Kier alpha value is -0.690. The third-order valence-electron chi connectivity index (χ3n) is 1.26. The minimum atomic E-state index is -1.25. The Morgan fingerprint density at radius 2 is 2.00 bits per heavy atom. The molecule has 0 aliphatic carbocycles. The molecule has 72 valence electrons. The predicted octanol–water partition coefficient (Wildman–Crippen LogP) is -3.22. The van der Waals surface area contributed by atoms with Gasteiger partial charge in [-0.15, -0.1) is 0 Å². The van der Waals surface area contributed by atoms with Gasteiger partial charge in [-0.2, -0.15) is 0 Å². The highest BCUT2D eigenvalue weighted by molar-refractivity contribution is 5.78. The van der Waals surface area contributed by atoms with E-state index in [1.807, 2.05) is 0 Å². The number of carbonyl (C=O) groups excluding carboxylic acids is 1. The van der Waals surface area contributed by atoms with E-state index in [2.05, 4.69) is 5.32 Å². The highest BCUT2D eigenvalue weighted by Crippen LogP contribution is 1.80. The van der Waals surface area contributed by atoms with Crippen molar-refractivity contribution in [1.82, 2.24) is 5.32 Å². The quantitative estimate of drug-likeness (QED) is 0.293. The SMILES string of the molecule is NC(=O)C(O)CNCC(O)CO. The lowest BCUT2D eigenvalue weighted by Gasteiger charge is -2.10. The average molecular weight is 178 g/mol. The first-order valence-corrected chi connectivity index (χ1v) is 3.55. The van der Waals surface area contributed by atoms with Gasteiger partial charge >= 0.3 is 0 Å². The number of aliphatic hydroxyl groups is 3. The number of hydrogen-bond donors (Lipinski definition) is 5. The van der Waals surface area contributed by atoms with Crippen molar-refractivity contribution >= 4 is 5.91 Å². The van der Waals surface area contributed by atoms with Crippen molar-refractivity contribution in [2.75, 3.05) is 19.7 Å². The Morgan fingerprint density at radius 3 is 2.42 bits per heavy atom. The van der Waals surface area contributed by atoms with Crippen LogP contribution in [0.15, 0.2) is 0 Å². The fourth-order valence-corrected chi connectivity index (χ4v) is 0.552. The molecule has 0 radical (unpaired) electrons. The Labute approximate surface area is 70.0 Å². The Balaban J connectivity index is 3.37. The number of aliphatic hydroxyl groups excluding tert-OH is 3. The summed E-state index contributed by atoms with van der Waals surface area (Å²) < 4.78 is 0. The molecule has 1 amide bonds. The molecular weight excluding hydrogens is 164 g/mol. The zero-order valence-electron chi connectivity index (χ0n) is 6.60. The number of nitrogens with two attached hydrogens (primary N) is 1. The van der Waals surface area contributed by atoms with Crippen molar-refractivity contribution < 1.29 is 20.1 Å². The topological polar surface area (TPSA) is 116 Å². The number of carbonyl (C=O) groups is 1. The zero-order valence-corrected chi connectivity index (χ0v) is 6.60. The maximum absolute atomic E-state index is 10.3. The van der Waals surface area contributed by atoms with Gasteiger partial charge < -0.3 is 26.4 Å². The maximum atomic E-state index is 10.3. The van der Waals surface area contributed by atoms with Gasteiger partial charge in [-0.25, -0.2) is 0 Å². The number of hydrogen-bond acceptors (Lipinski definition) is 5. The van der Waals surface area contributed by atoms with E-state index in [9.17, 15) is 4.79 Å². The monoisotopic (exact) mass is 178 g/mol. The fraction of sp³-hybridized carbons (Fsp3) is 0.833. The van der Waals surface area contributed by atoms with Crippen LogP contribution in [-0.2, 0) is 4.79 Å². The van der Waals surface area contributed by atoms with Crippen LogP contribution in [-0.4, -0.2) is 53.1 Å². The van der Waals surface area contributed by atoms with Gasteiger partial charge in [-0.05, 0) is 0 Å². The lowest BCUT2D eigenvalue weighted by Crippen LogP contribution is -2.40. The van der Waals surface area contributed by atoms with Gasteiger partial charge in [0.15, 0.2) is 0 Å². The third kappa shape index (κ3) is 5.03. The van der Waals surface area contributed by atoms with Crippen LogP contribution >= 0.6 is 0 Å². The summed E-state index contributed by atoms with van der Waals surface area (Å²) in [4.78, 5) is 10.3. The zero-order chi connectivity index (χ0) is 9.56. The second-order valence-corrected chi connectivity index (χ2v) is 2.41. The van der Waals surface area contributed by atoms with E-state index in [1.54, 1.807) is 0 Å². The van der Waals surface area contributed by atoms with Crippen molar-refractivity contribution in [2.45, 2.75) is 12.2 Å². The van der Waals surface area contributed by atoms with Gasteiger partial charge in [-0.3, -0.25) is 4.79 Å². The Kier molecular flexibility index (Phi) is 5.56. The first-order valence-electron chi connectivity index (χ1n) is 3.55. The molecule has 0 heterocycles. The summed E-state index contributed by atoms with van der Waals surface area (Å²) in [5, 5.41) is 28.6. The van der Waals surface area contributed by atoms with Crippen molar-refractivity contribution in [3.8, 4) is 0 Å². The van der Waals surface area contributed by atoms with E-state index >= 15 is 0 Å². The molecule has 2 atom stereocenters. The first kappa shape index (κ1) is 11.3. The van der Waals surface area contributed by atoms with Crippen LogP contribution in [0.1, 0.15) is 0 Å². The number of nitrogens with one attached hydrogen (secondary N) is 1. The van der Waals surface area contributed by atoms with Crippen LogP contribution in [0, 0.1) is 0 Å². The second kappa shape index (κ2) is 5.90. The molecule has 0 aromatic heterocycles. The molecule has 6 N–H and O–H groups in total. The van der Waals surface area contributed by atoms with Crippen molar-refractivity contribution in [2.24, 2.45) is 5.73 Å².